The van der Waals surface area contributed by atoms with Crippen molar-refractivity contribution in [2.24, 2.45) is 11.1 Å². The Bertz CT molecular complexity index is 531. The zero-order chi connectivity index (χ0) is 15.1. The molecule has 1 aromatic heterocycles. The Morgan fingerprint density at radius 2 is 1.95 bits per heavy atom. The van der Waals surface area contributed by atoms with Crippen molar-refractivity contribution < 1.29 is 0 Å². The van der Waals surface area contributed by atoms with E-state index in [9.17, 15) is 0 Å². The molecule has 5 nitrogen and oxygen atoms in total. The zero-order valence-corrected chi connectivity index (χ0v) is 13.0. The molecule has 0 aliphatic heterocycles. The molecule has 0 aliphatic rings. The van der Waals surface area contributed by atoms with Crippen molar-refractivity contribution in [3.8, 4) is 5.69 Å². The van der Waals surface area contributed by atoms with Gasteiger partial charge in [0, 0.05) is 6.42 Å². The van der Waals surface area contributed by atoms with E-state index in [1.165, 1.54) is 12.8 Å². The second-order valence-corrected chi connectivity index (χ2v) is 5.68. The Hall–Kier alpha value is -1.75. The molecule has 2 N–H and O–H groups in total. The molecule has 0 radical (unpaired) electrons. The van der Waals surface area contributed by atoms with E-state index < -0.39 is 0 Å². The molecule has 114 valence electrons. The molecule has 5 heteroatoms. The van der Waals surface area contributed by atoms with Crippen LogP contribution < -0.4 is 5.73 Å². The number of aromatic nitrogens is 4. The molecule has 21 heavy (non-hydrogen) atoms. The van der Waals surface area contributed by atoms with Crippen LogP contribution in [0.2, 0.25) is 0 Å². The van der Waals surface area contributed by atoms with Crippen LogP contribution in [-0.4, -0.2) is 26.8 Å². The van der Waals surface area contributed by atoms with Crippen LogP contribution in [0.15, 0.2) is 30.3 Å². The number of hydrogen-bond acceptors (Lipinski definition) is 4. The lowest BCUT2D eigenvalue weighted by atomic mass is 9.77. The van der Waals surface area contributed by atoms with Gasteiger partial charge in [0.2, 0.25) is 0 Å². The molecule has 0 amide bonds. The van der Waals surface area contributed by atoms with Crippen molar-refractivity contribution in [2.45, 2.75) is 46.0 Å². The number of tetrazole rings is 1. The first kappa shape index (κ1) is 15.6. The Labute approximate surface area is 126 Å². The molecular weight excluding hydrogens is 262 g/mol. The molecule has 0 fully saturated rings. The largest absolute Gasteiger partial charge is 0.330 e. The highest BCUT2D eigenvalue weighted by Crippen LogP contribution is 2.31. The summed E-state index contributed by atoms with van der Waals surface area (Å²) in [5.41, 5.74) is 7.18. The average Bonchev–Trinajstić information content (AvgIpc) is 3.00. The third-order valence-corrected chi connectivity index (χ3v) is 4.31. The standard InChI is InChI=1S/C16H25N5/c1-3-5-11-16(4-2,13-17)12-15-18-19-20-21(15)14-9-7-6-8-10-14/h6-10H,3-5,11-13,17H2,1-2H3. The zero-order valence-electron chi connectivity index (χ0n) is 13.0. The smallest absolute Gasteiger partial charge is 0.157 e. The van der Waals surface area contributed by atoms with Gasteiger partial charge in [-0.1, -0.05) is 44.9 Å². The number of rotatable bonds is 8. The number of nitrogens with zero attached hydrogens (tertiary/aromatic N) is 4. The van der Waals surface area contributed by atoms with Crippen LogP contribution in [0.3, 0.4) is 0 Å². The van der Waals surface area contributed by atoms with Crippen molar-refractivity contribution in [3.05, 3.63) is 36.2 Å². The van der Waals surface area contributed by atoms with Crippen LogP contribution in [0.25, 0.3) is 5.69 Å². The highest BCUT2D eigenvalue weighted by molar-refractivity contribution is 5.30. The van der Waals surface area contributed by atoms with Gasteiger partial charge in [0.05, 0.1) is 5.69 Å². The Morgan fingerprint density at radius 1 is 1.19 bits per heavy atom. The van der Waals surface area contributed by atoms with E-state index in [2.05, 4.69) is 29.4 Å². The second-order valence-electron chi connectivity index (χ2n) is 5.68. The van der Waals surface area contributed by atoms with Gasteiger partial charge < -0.3 is 5.73 Å². The molecule has 1 heterocycles. The number of hydrogen-bond donors (Lipinski definition) is 1. The van der Waals surface area contributed by atoms with E-state index in [4.69, 9.17) is 5.73 Å². The van der Waals surface area contributed by atoms with Crippen molar-refractivity contribution in [2.75, 3.05) is 6.54 Å². The van der Waals surface area contributed by atoms with Gasteiger partial charge in [0.1, 0.15) is 0 Å². The van der Waals surface area contributed by atoms with Crippen molar-refractivity contribution in [3.63, 3.8) is 0 Å². The quantitative estimate of drug-likeness (QED) is 0.810. The van der Waals surface area contributed by atoms with Gasteiger partial charge >= 0.3 is 0 Å². The van der Waals surface area contributed by atoms with Crippen LogP contribution in [-0.2, 0) is 6.42 Å². The fourth-order valence-corrected chi connectivity index (χ4v) is 2.68. The van der Waals surface area contributed by atoms with Crippen LogP contribution in [0.1, 0.15) is 45.4 Å². The maximum Gasteiger partial charge on any atom is 0.157 e. The fourth-order valence-electron chi connectivity index (χ4n) is 2.68. The van der Waals surface area contributed by atoms with Gasteiger partial charge in [-0.15, -0.1) is 5.10 Å². The molecule has 1 atom stereocenters. The first-order chi connectivity index (χ1) is 10.2. The summed E-state index contributed by atoms with van der Waals surface area (Å²) in [6.07, 6.45) is 5.37. The third-order valence-electron chi connectivity index (χ3n) is 4.31. The minimum atomic E-state index is 0.0945. The predicted molar refractivity (Wildman–Crippen MR) is 84.2 cm³/mol. The van der Waals surface area contributed by atoms with E-state index in [1.807, 2.05) is 35.0 Å². The van der Waals surface area contributed by atoms with Crippen molar-refractivity contribution in [1.29, 1.82) is 0 Å². The summed E-state index contributed by atoms with van der Waals surface area (Å²) < 4.78 is 1.83. The minimum Gasteiger partial charge on any atom is -0.330 e. The van der Waals surface area contributed by atoms with Crippen LogP contribution in [0.5, 0.6) is 0 Å². The Kier molecular flexibility index (Phi) is 5.44. The summed E-state index contributed by atoms with van der Waals surface area (Å²) in [6, 6.07) is 10.0. The van der Waals surface area contributed by atoms with E-state index in [-0.39, 0.29) is 5.41 Å². The van der Waals surface area contributed by atoms with E-state index in [0.717, 1.165) is 30.8 Å². The number of nitrogens with two attached hydrogens (primary N) is 1. The molecule has 0 saturated carbocycles. The van der Waals surface area contributed by atoms with Crippen LogP contribution in [0, 0.1) is 5.41 Å². The fraction of sp³-hybridized carbons (Fsp3) is 0.562. The van der Waals surface area contributed by atoms with E-state index in [1.54, 1.807) is 0 Å². The molecule has 1 aromatic carbocycles. The van der Waals surface area contributed by atoms with Gasteiger partial charge in [-0.05, 0) is 47.4 Å². The number of benzene rings is 1. The minimum absolute atomic E-state index is 0.0945. The first-order valence-electron chi connectivity index (χ1n) is 7.77. The lowest BCUT2D eigenvalue weighted by molar-refractivity contribution is 0.244. The summed E-state index contributed by atoms with van der Waals surface area (Å²) >= 11 is 0. The molecular formula is C16H25N5. The van der Waals surface area contributed by atoms with Crippen molar-refractivity contribution >= 4 is 0 Å². The Morgan fingerprint density at radius 3 is 2.57 bits per heavy atom. The van der Waals surface area contributed by atoms with Gasteiger partial charge in [0.25, 0.3) is 0 Å². The first-order valence-corrected chi connectivity index (χ1v) is 7.77. The number of para-hydroxylation sites is 1. The van der Waals surface area contributed by atoms with Gasteiger partial charge in [-0.25, -0.2) is 0 Å². The monoisotopic (exact) mass is 287 g/mol. The highest BCUT2D eigenvalue weighted by atomic mass is 15.5. The van der Waals surface area contributed by atoms with Gasteiger partial charge in [-0.2, -0.15) is 4.68 Å². The summed E-state index contributed by atoms with van der Waals surface area (Å²) in [6.45, 7) is 5.09. The molecule has 0 spiro atoms. The predicted octanol–water partition coefficient (Wildman–Crippen LogP) is 2.75. The van der Waals surface area contributed by atoms with Crippen LogP contribution >= 0.6 is 0 Å². The molecule has 2 rings (SSSR count). The van der Waals surface area contributed by atoms with Gasteiger partial charge in [-0.3, -0.25) is 0 Å². The Balaban J connectivity index is 2.24. The highest BCUT2D eigenvalue weighted by Gasteiger charge is 2.29. The average molecular weight is 287 g/mol. The molecule has 0 saturated heterocycles. The topological polar surface area (TPSA) is 69.6 Å². The van der Waals surface area contributed by atoms with Gasteiger partial charge in [0.15, 0.2) is 5.82 Å². The molecule has 2 aromatic rings. The van der Waals surface area contributed by atoms with E-state index >= 15 is 0 Å². The maximum atomic E-state index is 6.09. The van der Waals surface area contributed by atoms with Crippen LogP contribution in [0.4, 0.5) is 0 Å². The van der Waals surface area contributed by atoms with E-state index in [0.29, 0.717) is 6.54 Å². The number of unbranched alkanes of at least 4 members (excludes halogenated alkanes) is 1. The third kappa shape index (κ3) is 3.67. The summed E-state index contributed by atoms with van der Waals surface area (Å²) in [4.78, 5) is 0. The molecule has 0 bridgehead atoms. The normalized spacial score (nSPS) is 14.0. The summed E-state index contributed by atoms with van der Waals surface area (Å²) in [7, 11) is 0. The summed E-state index contributed by atoms with van der Waals surface area (Å²) in [5, 5.41) is 12.2. The molecule has 0 aliphatic carbocycles. The maximum absolute atomic E-state index is 6.09. The molecule has 1 unspecified atom stereocenters. The lowest BCUT2D eigenvalue weighted by Gasteiger charge is -2.30. The lowest BCUT2D eigenvalue weighted by Crippen LogP contribution is -2.33. The summed E-state index contributed by atoms with van der Waals surface area (Å²) in [5.74, 6) is 0.893. The second kappa shape index (κ2) is 7.31. The SMILES string of the molecule is CCCCC(CC)(CN)Cc1nnnn1-c1ccccc1. The van der Waals surface area contributed by atoms with Crippen molar-refractivity contribution in [1.82, 2.24) is 20.2 Å².